The maximum absolute atomic E-state index is 4.36. The second-order valence-electron chi connectivity index (χ2n) is 9.47. The van der Waals surface area contributed by atoms with Gasteiger partial charge in [-0.15, -0.1) is 0 Å². The highest BCUT2D eigenvalue weighted by atomic mass is 14.5. The van der Waals surface area contributed by atoms with Crippen LogP contribution >= 0.6 is 0 Å². The number of rotatable bonds is 3. The van der Waals surface area contributed by atoms with Crippen molar-refractivity contribution in [2.45, 2.75) is 73.6 Å². The summed E-state index contributed by atoms with van der Waals surface area (Å²) in [6, 6.07) is 0. The molecule has 22 heavy (non-hydrogen) atoms. The van der Waals surface area contributed by atoms with Crippen LogP contribution < -0.4 is 0 Å². The van der Waals surface area contributed by atoms with Crippen molar-refractivity contribution >= 4 is 0 Å². The Hall–Kier alpha value is -0.520. The highest BCUT2D eigenvalue weighted by Crippen LogP contribution is 2.51. The van der Waals surface area contributed by atoms with Gasteiger partial charge in [0.2, 0.25) is 0 Å². The molecule has 0 aromatic rings. The number of hydrogen-bond acceptors (Lipinski definition) is 0. The first-order valence-electron chi connectivity index (χ1n) is 9.55. The Bertz CT molecular complexity index is 406. The van der Waals surface area contributed by atoms with Crippen LogP contribution in [0.4, 0.5) is 0 Å². The fourth-order valence-corrected chi connectivity index (χ4v) is 5.14. The molecule has 0 aromatic heterocycles. The van der Waals surface area contributed by atoms with Gasteiger partial charge in [0.25, 0.3) is 0 Å². The Balaban J connectivity index is 2.25. The monoisotopic (exact) mass is 302 g/mol. The zero-order chi connectivity index (χ0) is 16.5. The minimum atomic E-state index is 0.418. The first kappa shape index (κ1) is 17.8. The molecule has 5 unspecified atom stereocenters. The molecule has 0 radical (unpaired) electrons. The number of hydrogen-bond donors (Lipinski definition) is 0. The zero-order valence-electron chi connectivity index (χ0n) is 15.9. The van der Waals surface area contributed by atoms with E-state index in [-0.39, 0.29) is 0 Å². The van der Waals surface area contributed by atoms with Crippen LogP contribution in [0.15, 0.2) is 24.3 Å². The van der Waals surface area contributed by atoms with Crippen molar-refractivity contribution in [1.82, 2.24) is 0 Å². The highest BCUT2D eigenvalue weighted by Gasteiger charge is 2.43. The highest BCUT2D eigenvalue weighted by molar-refractivity contribution is 5.10. The molecular weight excluding hydrogens is 264 g/mol. The molecule has 0 aliphatic heterocycles. The minimum Gasteiger partial charge on any atom is -0.0998 e. The predicted octanol–water partition coefficient (Wildman–Crippen LogP) is 6.88. The maximum Gasteiger partial charge on any atom is -0.0172 e. The van der Waals surface area contributed by atoms with E-state index in [1.54, 1.807) is 0 Å². The van der Waals surface area contributed by atoms with Gasteiger partial charge in [0, 0.05) is 0 Å². The third kappa shape index (κ3) is 3.87. The first-order chi connectivity index (χ1) is 10.2. The zero-order valence-corrected chi connectivity index (χ0v) is 15.9. The lowest BCUT2D eigenvalue weighted by Gasteiger charge is -2.49. The van der Waals surface area contributed by atoms with Crippen molar-refractivity contribution in [3.05, 3.63) is 24.3 Å². The van der Waals surface area contributed by atoms with E-state index in [4.69, 9.17) is 0 Å². The maximum atomic E-state index is 4.36. The smallest absolute Gasteiger partial charge is 0.0172 e. The van der Waals surface area contributed by atoms with Crippen LogP contribution in [-0.4, -0.2) is 0 Å². The first-order valence-corrected chi connectivity index (χ1v) is 9.55. The Labute approximate surface area is 139 Å². The van der Waals surface area contributed by atoms with Crippen LogP contribution in [-0.2, 0) is 0 Å². The largest absolute Gasteiger partial charge is 0.0998 e. The summed E-state index contributed by atoms with van der Waals surface area (Å²) in [7, 11) is 0. The van der Waals surface area contributed by atoms with Crippen LogP contribution in [0, 0.1) is 40.9 Å². The van der Waals surface area contributed by atoms with Crippen LogP contribution in [0.1, 0.15) is 73.6 Å². The Morgan fingerprint density at radius 1 is 1.05 bits per heavy atom. The molecule has 0 bridgehead atoms. The van der Waals surface area contributed by atoms with Gasteiger partial charge in [-0.3, -0.25) is 0 Å². The average Bonchev–Trinajstić information content (AvgIpc) is 2.45. The summed E-state index contributed by atoms with van der Waals surface area (Å²) in [5.41, 5.74) is 1.85. The Kier molecular flexibility index (Phi) is 5.62. The van der Waals surface area contributed by atoms with Crippen LogP contribution in [0.5, 0.6) is 0 Å². The van der Waals surface area contributed by atoms with E-state index in [1.807, 2.05) is 0 Å². The van der Waals surface area contributed by atoms with Gasteiger partial charge in [0.15, 0.2) is 0 Å². The quantitative estimate of drug-likeness (QED) is 0.498. The molecule has 1 fully saturated rings. The molecule has 2 aliphatic rings. The third-order valence-electron chi connectivity index (χ3n) is 6.49. The molecular formula is C22H38. The van der Waals surface area contributed by atoms with Gasteiger partial charge < -0.3 is 0 Å². The summed E-state index contributed by atoms with van der Waals surface area (Å²) in [6.07, 6.45) is 12.1. The summed E-state index contributed by atoms with van der Waals surface area (Å²) in [5, 5.41) is 0. The lowest BCUT2D eigenvalue weighted by atomic mass is 9.56. The molecule has 0 spiro atoms. The van der Waals surface area contributed by atoms with E-state index >= 15 is 0 Å². The van der Waals surface area contributed by atoms with Crippen molar-refractivity contribution < 1.29 is 0 Å². The average molecular weight is 303 g/mol. The van der Waals surface area contributed by atoms with Crippen LogP contribution in [0.2, 0.25) is 0 Å². The van der Waals surface area contributed by atoms with Crippen molar-refractivity contribution in [1.29, 1.82) is 0 Å². The van der Waals surface area contributed by atoms with Gasteiger partial charge in [-0.1, -0.05) is 65.3 Å². The molecule has 1 saturated carbocycles. The summed E-state index contributed by atoms with van der Waals surface area (Å²) >= 11 is 0. The summed E-state index contributed by atoms with van der Waals surface area (Å²) in [6.45, 7) is 18.7. The van der Waals surface area contributed by atoms with Gasteiger partial charge in [0.05, 0.1) is 0 Å². The molecule has 0 saturated heterocycles. The molecule has 0 heterocycles. The van der Waals surface area contributed by atoms with Gasteiger partial charge in [-0.2, -0.15) is 0 Å². The van der Waals surface area contributed by atoms with E-state index in [1.165, 1.54) is 37.7 Å². The normalized spacial score (nSPS) is 36.6. The number of allylic oxidation sites excluding steroid dienone is 3. The van der Waals surface area contributed by atoms with Gasteiger partial charge in [0.1, 0.15) is 0 Å². The lowest BCUT2D eigenvalue weighted by Crippen LogP contribution is -2.41. The lowest BCUT2D eigenvalue weighted by molar-refractivity contribution is 0.0405. The summed E-state index contributed by atoms with van der Waals surface area (Å²) in [5.74, 6) is 4.77. The molecule has 0 amide bonds. The van der Waals surface area contributed by atoms with Gasteiger partial charge >= 0.3 is 0 Å². The van der Waals surface area contributed by atoms with E-state index in [0.29, 0.717) is 5.41 Å². The fraction of sp³-hybridized carbons (Fsp3) is 0.818. The van der Waals surface area contributed by atoms with Crippen molar-refractivity contribution in [3.8, 4) is 0 Å². The van der Waals surface area contributed by atoms with Gasteiger partial charge in [-0.25, -0.2) is 0 Å². The molecule has 0 aromatic carbocycles. The topological polar surface area (TPSA) is 0 Å². The van der Waals surface area contributed by atoms with Crippen molar-refractivity contribution in [2.24, 2.45) is 40.9 Å². The molecule has 2 aliphatic carbocycles. The standard InChI is InChI=1S/C22H38/c1-15(2)17-11-13-18(14-12-17)21-19(16(3)4)9-8-10-20(21)22(5,6)7/h11,13,15,17-21H,3,8-10,12,14H2,1-2,4-7H3. The SMILES string of the molecule is C=C(C)C1CCCC(C(C)(C)C)C1C1C=CC(C(C)C)CC1. The Morgan fingerprint density at radius 2 is 1.73 bits per heavy atom. The molecule has 5 atom stereocenters. The molecule has 0 nitrogen and oxygen atoms in total. The molecule has 0 heteroatoms. The van der Waals surface area contributed by atoms with Crippen molar-refractivity contribution in [3.63, 3.8) is 0 Å². The summed E-state index contributed by atoms with van der Waals surface area (Å²) in [4.78, 5) is 0. The molecule has 0 N–H and O–H groups in total. The van der Waals surface area contributed by atoms with Crippen LogP contribution in [0.3, 0.4) is 0 Å². The summed E-state index contributed by atoms with van der Waals surface area (Å²) < 4.78 is 0. The van der Waals surface area contributed by atoms with Crippen LogP contribution in [0.25, 0.3) is 0 Å². The van der Waals surface area contributed by atoms with E-state index in [0.717, 1.165) is 35.5 Å². The fourth-order valence-electron chi connectivity index (χ4n) is 5.14. The van der Waals surface area contributed by atoms with Crippen molar-refractivity contribution in [2.75, 3.05) is 0 Å². The van der Waals surface area contributed by atoms with E-state index in [9.17, 15) is 0 Å². The van der Waals surface area contributed by atoms with E-state index in [2.05, 4.69) is 60.3 Å². The molecule has 126 valence electrons. The predicted molar refractivity (Wildman–Crippen MR) is 98.8 cm³/mol. The third-order valence-corrected chi connectivity index (χ3v) is 6.49. The van der Waals surface area contributed by atoms with Gasteiger partial charge in [-0.05, 0) is 73.5 Å². The molecule has 2 rings (SSSR count). The Morgan fingerprint density at radius 3 is 2.18 bits per heavy atom. The second kappa shape index (κ2) is 6.93. The second-order valence-corrected chi connectivity index (χ2v) is 9.47. The minimum absolute atomic E-state index is 0.418. The van der Waals surface area contributed by atoms with E-state index < -0.39 is 0 Å².